The van der Waals surface area contributed by atoms with E-state index in [1.807, 2.05) is 54.6 Å². The van der Waals surface area contributed by atoms with Crippen molar-refractivity contribution in [3.05, 3.63) is 70.2 Å². The monoisotopic (exact) mass is 382 g/mol. The molecule has 0 atom stereocenters. The summed E-state index contributed by atoms with van der Waals surface area (Å²) in [5.74, 6) is 0.0658. The van der Waals surface area contributed by atoms with E-state index in [9.17, 15) is 8.42 Å². The molecule has 0 aliphatic rings. The Morgan fingerprint density at radius 1 is 0.864 bits per heavy atom. The number of halogens is 1. The van der Waals surface area contributed by atoms with E-state index in [1.165, 1.54) is 0 Å². The normalized spacial score (nSPS) is 11.5. The Bertz CT molecular complexity index is 673. The second kappa shape index (κ2) is 8.43. The smallest absolute Gasteiger partial charge is 0.213 e. The van der Waals surface area contributed by atoms with Crippen LogP contribution in [0.25, 0.3) is 0 Å². The maximum absolute atomic E-state index is 11.9. The van der Waals surface area contributed by atoms with Crippen molar-refractivity contribution in [2.75, 3.05) is 12.3 Å². The Kier molecular flexibility index (Phi) is 6.57. The second-order valence-electron chi connectivity index (χ2n) is 4.93. The molecule has 0 aliphatic carbocycles. The molecule has 0 saturated heterocycles. The average Bonchev–Trinajstić information content (AvgIpc) is 2.52. The summed E-state index contributed by atoms with van der Waals surface area (Å²) in [5.41, 5.74) is 2.08. The number of benzene rings is 2. The van der Waals surface area contributed by atoms with E-state index >= 15 is 0 Å². The summed E-state index contributed by atoms with van der Waals surface area (Å²) < 4.78 is 27.4. The van der Waals surface area contributed by atoms with Gasteiger partial charge in [-0.05, 0) is 23.3 Å². The summed E-state index contributed by atoms with van der Waals surface area (Å²) in [6.07, 6.45) is 0. The zero-order valence-electron chi connectivity index (χ0n) is 12.1. The van der Waals surface area contributed by atoms with Crippen molar-refractivity contribution in [2.45, 2.75) is 13.1 Å². The summed E-state index contributed by atoms with van der Waals surface area (Å²) in [7, 11) is -3.26. The molecule has 22 heavy (non-hydrogen) atoms. The zero-order chi connectivity index (χ0) is 15.8. The lowest BCUT2D eigenvalue weighted by molar-refractivity contribution is 0.576. The van der Waals surface area contributed by atoms with Crippen molar-refractivity contribution in [1.29, 1.82) is 0 Å². The molecule has 0 heterocycles. The Hall–Kier alpha value is -1.21. The molecule has 118 valence electrons. The molecule has 0 amide bonds. The van der Waals surface area contributed by atoms with Crippen LogP contribution in [-0.4, -0.2) is 20.7 Å². The maximum atomic E-state index is 11.9. The Labute approximate surface area is 140 Å². The number of sulfonamides is 1. The number of nitrogens with one attached hydrogen (secondary N) is 2. The molecule has 0 aliphatic heterocycles. The third-order valence-corrected chi connectivity index (χ3v) is 4.98. The van der Waals surface area contributed by atoms with Crippen LogP contribution in [0, 0.1) is 0 Å². The SMILES string of the molecule is O=S(=O)(CCNCc1ccc(Br)cc1)NCc1ccccc1. The highest BCUT2D eigenvalue weighted by molar-refractivity contribution is 9.10. The largest absolute Gasteiger partial charge is 0.312 e. The number of hydrogen-bond acceptors (Lipinski definition) is 3. The molecule has 0 spiro atoms. The molecule has 2 rings (SSSR count). The van der Waals surface area contributed by atoms with E-state index in [0.29, 0.717) is 19.6 Å². The molecule has 2 aromatic rings. The van der Waals surface area contributed by atoms with E-state index in [-0.39, 0.29) is 5.75 Å². The van der Waals surface area contributed by atoms with Crippen molar-refractivity contribution in [3.63, 3.8) is 0 Å². The van der Waals surface area contributed by atoms with Gasteiger partial charge in [0.15, 0.2) is 0 Å². The van der Waals surface area contributed by atoms with Crippen molar-refractivity contribution in [1.82, 2.24) is 10.0 Å². The van der Waals surface area contributed by atoms with Crippen molar-refractivity contribution >= 4 is 26.0 Å². The fourth-order valence-electron chi connectivity index (χ4n) is 1.90. The third kappa shape index (κ3) is 6.27. The molecular weight excluding hydrogens is 364 g/mol. The van der Waals surface area contributed by atoms with E-state index in [0.717, 1.165) is 15.6 Å². The Morgan fingerprint density at radius 3 is 2.18 bits per heavy atom. The number of hydrogen-bond donors (Lipinski definition) is 2. The van der Waals surface area contributed by atoms with Crippen LogP contribution in [0.5, 0.6) is 0 Å². The van der Waals surface area contributed by atoms with Crippen LogP contribution in [0.4, 0.5) is 0 Å². The zero-order valence-corrected chi connectivity index (χ0v) is 14.5. The molecule has 0 aromatic heterocycles. The Morgan fingerprint density at radius 2 is 1.50 bits per heavy atom. The summed E-state index contributed by atoms with van der Waals surface area (Å²) in [4.78, 5) is 0. The maximum Gasteiger partial charge on any atom is 0.213 e. The van der Waals surface area contributed by atoms with Gasteiger partial charge in [0.2, 0.25) is 10.0 Å². The van der Waals surface area contributed by atoms with Crippen LogP contribution >= 0.6 is 15.9 Å². The van der Waals surface area contributed by atoms with Crippen LogP contribution in [0.15, 0.2) is 59.1 Å². The van der Waals surface area contributed by atoms with Crippen LogP contribution in [0.1, 0.15) is 11.1 Å². The van der Waals surface area contributed by atoms with Crippen LogP contribution in [0.2, 0.25) is 0 Å². The standard InChI is InChI=1S/C16H19BrN2O2S/c17-16-8-6-15(7-9-16)12-18-10-11-22(20,21)19-13-14-4-2-1-3-5-14/h1-9,18-19H,10-13H2. The lowest BCUT2D eigenvalue weighted by atomic mass is 10.2. The summed E-state index contributed by atoms with van der Waals surface area (Å²) in [5, 5.41) is 3.14. The first kappa shape index (κ1) is 17.1. The minimum absolute atomic E-state index is 0.0658. The molecule has 0 saturated carbocycles. The van der Waals surface area contributed by atoms with E-state index in [1.54, 1.807) is 0 Å². The van der Waals surface area contributed by atoms with Gasteiger partial charge in [0.05, 0.1) is 5.75 Å². The van der Waals surface area contributed by atoms with Gasteiger partial charge in [-0.1, -0.05) is 58.4 Å². The highest BCUT2D eigenvalue weighted by Crippen LogP contribution is 2.10. The minimum atomic E-state index is -3.26. The average molecular weight is 383 g/mol. The molecule has 0 bridgehead atoms. The molecular formula is C16H19BrN2O2S. The van der Waals surface area contributed by atoms with Gasteiger partial charge < -0.3 is 5.32 Å². The topological polar surface area (TPSA) is 58.2 Å². The molecule has 2 aromatic carbocycles. The van der Waals surface area contributed by atoms with Gasteiger partial charge in [0.1, 0.15) is 0 Å². The lowest BCUT2D eigenvalue weighted by Gasteiger charge is -2.08. The van der Waals surface area contributed by atoms with Gasteiger partial charge in [-0.25, -0.2) is 13.1 Å². The van der Waals surface area contributed by atoms with E-state index < -0.39 is 10.0 Å². The minimum Gasteiger partial charge on any atom is -0.312 e. The Balaban J connectivity index is 1.70. The number of rotatable bonds is 8. The van der Waals surface area contributed by atoms with E-state index in [4.69, 9.17) is 0 Å². The van der Waals surface area contributed by atoms with Gasteiger partial charge in [-0.2, -0.15) is 0 Å². The first-order valence-electron chi connectivity index (χ1n) is 7.01. The van der Waals surface area contributed by atoms with Crippen molar-refractivity contribution in [3.8, 4) is 0 Å². The predicted octanol–water partition coefficient (Wildman–Crippen LogP) is 2.66. The summed E-state index contributed by atoms with van der Waals surface area (Å²) in [6.45, 7) is 1.40. The lowest BCUT2D eigenvalue weighted by Crippen LogP contribution is -2.31. The molecule has 0 fully saturated rings. The fourth-order valence-corrected chi connectivity index (χ4v) is 3.11. The van der Waals surface area contributed by atoms with Crippen LogP contribution < -0.4 is 10.0 Å². The van der Waals surface area contributed by atoms with Gasteiger partial charge in [0, 0.05) is 24.1 Å². The highest BCUT2D eigenvalue weighted by Gasteiger charge is 2.09. The molecule has 0 radical (unpaired) electrons. The quantitative estimate of drug-likeness (QED) is 0.690. The molecule has 6 heteroatoms. The second-order valence-corrected chi connectivity index (χ2v) is 7.77. The fraction of sp³-hybridized carbons (Fsp3) is 0.250. The summed E-state index contributed by atoms with van der Waals surface area (Å²) in [6, 6.07) is 17.4. The van der Waals surface area contributed by atoms with Crippen molar-refractivity contribution in [2.24, 2.45) is 0 Å². The predicted molar refractivity (Wildman–Crippen MR) is 92.9 cm³/mol. The van der Waals surface area contributed by atoms with Crippen LogP contribution in [0.3, 0.4) is 0 Å². The van der Waals surface area contributed by atoms with Gasteiger partial charge >= 0.3 is 0 Å². The highest BCUT2D eigenvalue weighted by atomic mass is 79.9. The molecule has 4 nitrogen and oxygen atoms in total. The third-order valence-electron chi connectivity index (χ3n) is 3.13. The van der Waals surface area contributed by atoms with Gasteiger partial charge in [-0.3, -0.25) is 0 Å². The molecule has 0 unspecified atom stereocenters. The van der Waals surface area contributed by atoms with Gasteiger partial charge in [0.25, 0.3) is 0 Å². The summed E-state index contributed by atoms with van der Waals surface area (Å²) >= 11 is 3.38. The van der Waals surface area contributed by atoms with Crippen LogP contribution in [-0.2, 0) is 23.1 Å². The van der Waals surface area contributed by atoms with E-state index in [2.05, 4.69) is 26.0 Å². The first-order chi connectivity index (χ1) is 10.6. The molecule has 2 N–H and O–H groups in total. The van der Waals surface area contributed by atoms with Crippen molar-refractivity contribution < 1.29 is 8.42 Å². The first-order valence-corrected chi connectivity index (χ1v) is 9.46. The van der Waals surface area contributed by atoms with Gasteiger partial charge in [-0.15, -0.1) is 0 Å².